The predicted molar refractivity (Wildman–Crippen MR) is 100 cm³/mol. The summed E-state index contributed by atoms with van der Waals surface area (Å²) >= 11 is 1.12. The van der Waals surface area contributed by atoms with Gasteiger partial charge in [-0.1, -0.05) is 23.9 Å². The number of rotatable bonds is 5. The number of anilines is 1. The van der Waals surface area contributed by atoms with E-state index >= 15 is 0 Å². The van der Waals surface area contributed by atoms with Gasteiger partial charge in [0.15, 0.2) is 11.5 Å². The minimum Gasteiger partial charge on any atom is -0.485 e. The van der Waals surface area contributed by atoms with Crippen molar-refractivity contribution in [3.63, 3.8) is 0 Å². The van der Waals surface area contributed by atoms with Crippen LogP contribution in [0.15, 0.2) is 58.2 Å². The fourth-order valence-corrected chi connectivity index (χ4v) is 3.07. The third-order valence-electron chi connectivity index (χ3n) is 3.83. The van der Waals surface area contributed by atoms with Gasteiger partial charge in [-0.15, -0.1) is 10.2 Å². The molecule has 0 spiro atoms. The van der Waals surface area contributed by atoms with E-state index in [0.717, 1.165) is 11.8 Å². The molecular formula is C19H14N4O4S. The molecule has 1 atom stereocenters. The molecule has 0 radical (unpaired) electrons. The molecule has 0 unspecified atom stereocenters. The quantitative estimate of drug-likeness (QED) is 0.657. The average molecular weight is 394 g/mol. The molecule has 0 fully saturated rings. The highest BCUT2D eigenvalue weighted by atomic mass is 32.2. The average Bonchev–Trinajstić information content (AvgIpc) is 3.21. The first kappa shape index (κ1) is 17.9. The number of fused-ring (bicyclic) bond motifs is 1. The van der Waals surface area contributed by atoms with Gasteiger partial charge in [-0.2, -0.15) is 5.26 Å². The van der Waals surface area contributed by atoms with E-state index in [1.807, 2.05) is 24.3 Å². The molecule has 0 aliphatic carbocycles. The standard InChI is InChI=1S/C19H14N4O4S/c20-9-12-5-7-13(8-6-12)21-17(24)11-28-19-23-22-18(27-19)16-10-25-14-3-1-2-4-15(14)26-16/h1-8,16H,10-11H2,(H,21,24)/t16-/m0/s1. The molecule has 9 heteroatoms. The zero-order valence-electron chi connectivity index (χ0n) is 14.5. The topological polar surface area (TPSA) is 110 Å². The van der Waals surface area contributed by atoms with Gasteiger partial charge in [-0.05, 0) is 36.4 Å². The molecule has 3 aromatic rings. The van der Waals surface area contributed by atoms with Crippen molar-refractivity contribution in [2.75, 3.05) is 17.7 Å². The SMILES string of the molecule is N#Cc1ccc(NC(=O)CSc2nnc([C@@H]3COc4ccccc4O3)o2)cc1. The van der Waals surface area contributed by atoms with E-state index < -0.39 is 6.10 Å². The van der Waals surface area contributed by atoms with Crippen LogP contribution in [0, 0.1) is 11.3 Å². The van der Waals surface area contributed by atoms with Crippen molar-refractivity contribution in [2.45, 2.75) is 11.3 Å². The van der Waals surface area contributed by atoms with Crippen LogP contribution >= 0.6 is 11.8 Å². The lowest BCUT2D eigenvalue weighted by molar-refractivity contribution is -0.113. The Hall–Kier alpha value is -3.51. The Bertz CT molecular complexity index is 1030. The normalized spacial score (nSPS) is 14.9. The number of para-hydroxylation sites is 2. The number of aromatic nitrogens is 2. The molecule has 1 aliphatic rings. The number of amides is 1. The van der Waals surface area contributed by atoms with Gasteiger partial charge in [0, 0.05) is 5.69 Å². The zero-order valence-corrected chi connectivity index (χ0v) is 15.3. The summed E-state index contributed by atoms with van der Waals surface area (Å²) in [5.41, 5.74) is 1.14. The largest absolute Gasteiger partial charge is 0.485 e. The third-order valence-corrected chi connectivity index (χ3v) is 4.65. The minimum absolute atomic E-state index is 0.104. The molecule has 2 aromatic carbocycles. The number of hydrogen-bond acceptors (Lipinski definition) is 8. The van der Waals surface area contributed by atoms with Gasteiger partial charge >= 0.3 is 0 Å². The number of thioether (sulfide) groups is 1. The van der Waals surface area contributed by atoms with Crippen molar-refractivity contribution in [3.05, 3.63) is 60.0 Å². The van der Waals surface area contributed by atoms with Crippen LogP contribution in [-0.2, 0) is 4.79 Å². The van der Waals surface area contributed by atoms with Gasteiger partial charge in [0.2, 0.25) is 12.0 Å². The summed E-state index contributed by atoms with van der Waals surface area (Å²) in [5.74, 6) is 1.47. The Labute approximate surface area is 164 Å². The molecular weight excluding hydrogens is 380 g/mol. The van der Waals surface area contributed by atoms with E-state index in [1.54, 1.807) is 30.3 Å². The summed E-state index contributed by atoms with van der Waals surface area (Å²) in [6, 6.07) is 16.0. The first-order valence-corrected chi connectivity index (χ1v) is 9.34. The highest BCUT2D eigenvalue weighted by molar-refractivity contribution is 7.99. The number of nitrogens with one attached hydrogen (secondary N) is 1. The van der Waals surface area contributed by atoms with Crippen LogP contribution in [0.3, 0.4) is 0 Å². The Morgan fingerprint density at radius 3 is 2.75 bits per heavy atom. The number of hydrogen-bond donors (Lipinski definition) is 1. The maximum absolute atomic E-state index is 12.1. The molecule has 0 saturated heterocycles. The molecule has 0 bridgehead atoms. The van der Waals surface area contributed by atoms with Crippen LogP contribution in [0.25, 0.3) is 0 Å². The lowest BCUT2D eigenvalue weighted by atomic mass is 10.2. The third kappa shape index (κ3) is 4.07. The summed E-state index contributed by atoms with van der Waals surface area (Å²) in [4.78, 5) is 12.1. The number of ether oxygens (including phenoxy) is 2. The van der Waals surface area contributed by atoms with E-state index in [0.29, 0.717) is 28.6 Å². The van der Waals surface area contributed by atoms with Crippen LogP contribution < -0.4 is 14.8 Å². The fourth-order valence-electron chi connectivity index (χ4n) is 2.50. The van der Waals surface area contributed by atoms with Gasteiger partial charge in [0.05, 0.1) is 17.4 Å². The van der Waals surface area contributed by atoms with Crippen LogP contribution in [0.2, 0.25) is 0 Å². The number of nitriles is 1. The summed E-state index contributed by atoms with van der Waals surface area (Å²) in [6.07, 6.45) is -0.496. The number of carbonyl (C=O) groups is 1. The Morgan fingerprint density at radius 2 is 1.96 bits per heavy atom. The number of benzene rings is 2. The van der Waals surface area contributed by atoms with Crippen LogP contribution in [0.5, 0.6) is 11.5 Å². The van der Waals surface area contributed by atoms with Crippen molar-refractivity contribution >= 4 is 23.4 Å². The summed E-state index contributed by atoms with van der Waals surface area (Å²) in [6.45, 7) is 0.266. The summed E-state index contributed by atoms with van der Waals surface area (Å²) in [7, 11) is 0. The van der Waals surface area contributed by atoms with E-state index in [9.17, 15) is 4.79 Å². The van der Waals surface area contributed by atoms with Crippen LogP contribution in [0.1, 0.15) is 17.6 Å². The van der Waals surface area contributed by atoms with Gasteiger partial charge in [-0.3, -0.25) is 4.79 Å². The van der Waals surface area contributed by atoms with Gasteiger partial charge in [0.25, 0.3) is 11.1 Å². The van der Waals surface area contributed by atoms with Crippen molar-refractivity contribution in [1.29, 1.82) is 5.26 Å². The molecule has 1 N–H and O–H groups in total. The monoisotopic (exact) mass is 394 g/mol. The molecule has 4 rings (SSSR count). The number of carbonyl (C=O) groups excluding carboxylic acids is 1. The van der Waals surface area contributed by atoms with Gasteiger partial charge in [0.1, 0.15) is 6.61 Å². The maximum atomic E-state index is 12.1. The molecule has 1 aliphatic heterocycles. The highest BCUT2D eigenvalue weighted by Crippen LogP contribution is 2.35. The summed E-state index contributed by atoms with van der Waals surface area (Å²) < 4.78 is 17.0. The molecule has 2 heterocycles. The van der Waals surface area contributed by atoms with Crippen molar-refractivity contribution in [1.82, 2.24) is 10.2 Å². The van der Waals surface area contributed by atoms with E-state index in [2.05, 4.69) is 15.5 Å². The lowest BCUT2D eigenvalue weighted by Gasteiger charge is -2.23. The zero-order chi connectivity index (χ0) is 19.3. The molecule has 1 amide bonds. The molecule has 1 aromatic heterocycles. The van der Waals surface area contributed by atoms with E-state index in [4.69, 9.17) is 19.2 Å². The molecule has 8 nitrogen and oxygen atoms in total. The maximum Gasteiger partial charge on any atom is 0.277 e. The van der Waals surface area contributed by atoms with E-state index in [-0.39, 0.29) is 23.5 Å². The Kier molecular flexibility index (Phi) is 5.12. The molecule has 0 saturated carbocycles. The predicted octanol–water partition coefficient (Wildman–Crippen LogP) is 3.18. The van der Waals surface area contributed by atoms with Crippen molar-refractivity contribution < 1.29 is 18.7 Å². The Balaban J connectivity index is 1.31. The van der Waals surface area contributed by atoms with Crippen LogP contribution in [-0.4, -0.2) is 28.5 Å². The fraction of sp³-hybridized carbons (Fsp3) is 0.158. The second-order valence-corrected chi connectivity index (χ2v) is 6.72. The second kappa shape index (κ2) is 8.02. The number of nitrogens with zero attached hydrogens (tertiary/aromatic N) is 3. The van der Waals surface area contributed by atoms with Crippen LogP contribution in [0.4, 0.5) is 5.69 Å². The van der Waals surface area contributed by atoms with Crippen molar-refractivity contribution in [2.24, 2.45) is 0 Å². The molecule has 28 heavy (non-hydrogen) atoms. The second-order valence-electron chi connectivity index (χ2n) is 5.80. The van der Waals surface area contributed by atoms with Gasteiger partial charge < -0.3 is 19.2 Å². The van der Waals surface area contributed by atoms with Gasteiger partial charge in [-0.25, -0.2) is 0 Å². The lowest BCUT2D eigenvalue weighted by Crippen LogP contribution is -2.21. The minimum atomic E-state index is -0.496. The first-order chi connectivity index (χ1) is 13.7. The summed E-state index contributed by atoms with van der Waals surface area (Å²) in [5, 5.41) is 19.7. The first-order valence-electron chi connectivity index (χ1n) is 8.36. The smallest absolute Gasteiger partial charge is 0.277 e. The van der Waals surface area contributed by atoms with Crippen molar-refractivity contribution in [3.8, 4) is 17.6 Å². The molecule has 140 valence electrons. The Morgan fingerprint density at radius 1 is 1.18 bits per heavy atom. The highest BCUT2D eigenvalue weighted by Gasteiger charge is 2.27. The van der Waals surface area contributed by atoms with E-state index in [1.165, 1.54) is 0 Å².